The second-order valence-electron chi connectivity index (χ2n) is 5.83. The molecular weight excluding hydrogens is 232 g/mol. The summed E-state index contributed by atoms with van der Waals surface area (Å²) in [5, 5.41) is 0. The van der Waals surface area contributed by atoms with E-state index in [1.165, 1.54) is 19.3 Å². The van der Waals surface area contributed by atoms with Crippen LogP contribution < -0.4 is 5.73 Å². The van der Waals surface area contributed by atoms with Crippen LogP contribution in [0.5, 0.6) is 0 Å². The molecule has 0 spiro atoms. The Balaban J connectivity index is 1.96. The molecule has 0 aliphatic carbocycles. The van der Waals surface area contributed by atoms with Crippen molar-refractivity contribution >= 4 is 10.8 Å². The predicted molar refractivity (Wildman–Crippen MR) is 73.5 cm³/mol. The van der Waals surface area contributed by atoms with Crippen molar-refractivity contribution in [2.24, 2.45) is 5.73 Å². The molecule has 2 aliphatic rings. The number of piperidine rings is 2. The fourth-order valence-corrected chi connectivity index (χ4v) is 4.34. The van der Waals surface area contributed by atoms with Gasteiger partial charge in [0.15, 0.2) is 0 Å². The van der Waals surface area contributed by atoms with Crippen molar-refractivity contribution in [3.8, 4) is 0 Å². The fraction of sp³-hybridized carbons (Fsp3) is 1.00. The molecule has 0 aromatic rings. The molecule has 3 nitrogen and oxygen atoms in total. The van der Waals surface area contributed by atoms with Crippen LogP contribution in [0, 0.1) is 0 Å². The summed E-state index contributed by atoms with van der Waals surface area (Å²) in [6.45, 7) is 2.30. The monoisotopic (exact) mass is 258 g/mol. The van der Waals surface area contributed by atoms with Crippen LogP contribution in [0.2, 0.25) is 0 Å². The number of hydrogen-bond acceptors (Lipinski definition) is 3. The fourth-order valence-electron chi connectivity index (χ4n) is 3.67. The first kappa shape index (κ1) is 13.5. The molecule has 2 aliphatic heterocycles. The Morgan fingerprint density at radius 3 is 2.47 bits per heavy atom. The average molecular weight is 258 g/mol. The van der Waals surface area contributed by atoms with E-state index in [1.807, 2.05) is 0 Å². The van der Waals surface area contributed by atoms with Gasteiger partial charge in [-0.1, -0.05) is 6.42 Å². The van der Waals surface area contributed by atoms with Crippen molar-refractivity contribution in [2.75, 3.05) is 12.0 Å². The van der Waals surface area contributed by atoms with Crippen LogP contribution in [0.3, 0.4) is 0 Å². The van der Waals surface area contributed by atoms with Gasteiger partial charge in [-0.05, 0) is 39.0 Å². The van der Waals surface area contributed by atoms with Crippen molar-refractivity contribution < 1.29 is 4.21 Å². The molecule has 4 atom stereocenters. The van der Waals surface area contributed by atoms with E-state index in [2.05, 4.69) is 11.8 Å². The van der Waals surface area contributed by atoms with Crippen molar-refractivity contribution in [3.63, 3.8) is 0 Å². The van der Waals surface area contributed by atoms with Crippen molar-refractivity contribution in [3.05, 3.63) is 0 Å². The Kier molecular flexibility index (Phi) is 4.61. The Morgan fingerprint density at radius 2 is 1.94 bits per heavy atom. The van der Waals surface area contributed by atoms with Gasteiger partial charge in [-0.3, -0.25) is 9.11 Å². The molecule has 2 rings (SSSR count). The van der Waals surface area contributed by atoms with Gasteiger partial charge in [-0.2, -0.15) is 0 Å². The van der Waals surface area contributed by atoms with Crippen LogP contribution >= 0.6 is 0 Å². The zero-order valence-corrected chi connectivity index (χ0v) is 11.9. The molecule has 0 radical (unpaired) electrons. The van der Waals surface area contributed by atoms with E-state index in [1.54, 1.807) is 6.26 Å². The minimum atomic E-state index is -0.655. The molecule has 0 amide bonds. The van der Waals surface area contributed by atoms with Crippen LogP contribution in [0.25, 0.3) is 0 Å². The molecule has 2 saturated heterocycles. The third-order valence-electron chi connectivity index (χ3n) is 4.40. The first-order chi connectivity index (χ1) is 8.08. The Bertz CT molecular complexity index is 271. The number of nitrogens with zero attached hydrogens (tertiary/aromatic N) is 1. The van der Waals surface area contributed by atoms with Gasteiger partial charge < -0.3 is 5.73 Å². The first-order valence-electron chi connectivity index (χ1n) is 6.91. The minimum Gasteiger partial charge on any atom is -0.328 e. The van der Waals surface area contributed by atoms with Gasteiger partial charge >= 0.3 is 0 Å². The van der Waals surface area contributed by atoms with Crippen LogP contribution in [-0.4, -0.2) is 45.3 Å². The second-order valence-corrected chi connectivity index (χ2v) is 7.39. The predicted octanol–water partition coefficient (Wildman–Crippen LogP) is 1.49. The van der Waals surface area contributed by atoms with Gasteiger partial charge in [0.05, 0.1) is 0 Å². The summed E-state index contributed by atoms with van der Waals surface area (Å²) in [6.07, 6.45) is 9.18. The third-order valence-corrected chi connectivity index (χ3v) is 5.21. The van der Waals surface area contributed by atoms with Gasteiger partial charge in [0, 0.05) is 47.0 Å². The summed E-state index contributed by atoms with van der Waals surface area (Å²) < 4.78 is 11.2. The molecular formula is C13H26N2OS. The highest BCUT2D eigenvalue weighted by atomic mass is 32.2. The molecule has 0 aromatic heterocycles. The van der Waals surface area contributed by atoms with E-state index >= 15 is 0 Å². The van der Waals surface area contributed by atoms with E-state index in [0.29, 0.717) is 24.2 Å². The molecule has 100 valence electrons. The topological polar surface area (TPSA) is 46.3 Å². The lowest BCUT2D eigenvalue weighted by molar-refractivity contribution is -0.000349. The van der Waals surface area contributed by atoms with Gasteiger partial charge in [-0.15, -0.1) is 0 Å². The van der Waals surface area contributed by atoms with Crippen molar-refractivity contribution in [1.82, 2.24) is 4.90 Å². The Morgan fingerprint density at radius 1 is 1.35 bits per heavy atom. The van der Waals surface area contributed by atoms with E-state index in [4.69, 9.17) is 5.73 Å². The zero-order valence-electron chi connectivity index (χ0n) is 11.1. The van der Waals surface area contributed by atoms with E-state index in [-0.39, 0.29) is 0 Å². The lowest BCUT2D eigenvalue weighted by Gasteiger charge is -2.51. The highest BCUT2D eigenvalue weighted by Crippen LogP contribution is 2.35. The lowest BCUT2D eigenvalue weighted by atomic mass is 9.81. The molecule has 2 fully saturated rings. The standard InChI is InChI=1S/C13H26N2OS/c1-10(6-7-17(2)16)15-12-4-3-5-13(15)9-11(14)8-12/h10-13H,3-9,14H2,1-2H3. The number of rotatable bonds is 4. The summed E-state index contributed by atoms with van der Waals surface area (Å²) in [5.41, 5.74) is 6.13. The molecule has 4 heteroatoms. The summed E-state index contributed by atoms with van der Waals surface area (Å²) in [6, 6.07) is 2.37. The van der Waals surface area contributed by atoms with Gasteiger partial charge in [0.25, 0.3) is 0 Å². The molecule has 2 heterocycles. The van der Waals surface area contributed by atoms with Crippen LogP contribution in [0.1, 0.15) is 45.4 Å². The van der Waals surface area contributed by atoms with Crippen LogP contribution in [-0.2, 0) is 10.8 Å². The normalized spacial score (nSPS) is 37.7. The smallest absolute Gasteiger partial charge is 0.0246 e. The van der Waals surface area contributed by atoms with Gasteiger partial charge in [0.1, 0.15) is 0 Å². The van der Waals surface area contributed by atoms with E-state index in [9.17, 15) is 4.21 Å². The summed E-state index contributed by atoms with van der Waals surface area (Å²) in [4.78, 5) is 2.69. The Hall–Kier alpha value is 0.0700. The first-order valence-corrected chi connectivity index (χ1v) is 8.63. The quantitative estimate of drug-likeness (QED) is 0.831. The summed E-state index contributed by atoms with van der Waals surface area (Å²) in [7, 11) is -0.655. The molecule has 0 aromatic carbocycles. The second kappa shape index (κ2) is 5.81. The maximum Gasteiger partial charge on any atom is 0.0246 e. The minimum absolute atomic E-state index is 0.411. The number of fused-ring (bicyclic) bond motifs is 2. The zero-order chi connectivity index (χ0) is 12.4. The van der Waals surface area contributed by atoms with E-state index in [0.717, 1.165) is 25.0 Å². The summed E-state index contributed by atoms with van der Waals surface area (Å²) in [5.74, 6) is 0.836. The van der Waals surface area contributed by atoms with E-state index < -0.39 is 10.8 Å². The highest BCUT2D eigenvalue weighted by Gasteiger charge is 2.38. The van der Waals surface area contributed by atoms with Gasteiger partial charge in [-0.25, -0.2) is 0 Å². The maximum absolute atomic E-state index is 11.2. The number of nitrogens with two attached hydrogens (primary N) is 1. The molecule has 0 saturated carbocycles. The molecule has 17 heavy (non-hydrogen) atoms. The largest absolute Gasteiger partial charge is 0.328 e. The third kappa shape index (κ3) is 3.30. The maximum atomic E-state index is 11.2. The van der Waals surface area contributed by atoms with Crippen molar-refractivity contribution in [2.45, 2.75) is 69.6 Å². The lowest BCUT2D eigenvalue weighted by Crippen LogP contribution is -2.58. The van der Waals surface area contributed by atoms with Crippen molar-refractivity contribution in [1.29, 1.82) is 0 Å². The number of hydrogen-bond donors (Lipinski definition) is 1. The summed E-state index contributed by atoms with van der Waals surface area (Å²) >= 11 is 0. The van der Waals surface area contributed by atoms with Crippen LogP contribution in [0.4, 0.5) is 0 Å². The van der Waals surface area contributed by atoms with Gasteiger partial charge in [0.2, 0.25) is 0 Å². The highest BCUT2D eigenvalue weighted by molar-refractivity contribution is 7.84. The molecule has 2 N–H and O–H groups in total. The average Bonchev–Trinajstić information content (AvgIpc) is 2.24. The van der Waals surface area contributed by atoms with Crippen LogP contribution in [0.15, 0.2) is 0 Å². The molecule has 2 bridgehead atoms. The SMILES string of the molecule is CC(CCS(C)=O)N1C2CCCC1CC(N)C2. The molecule has 4 unspecified atom stereocenters. The Labute approximate surface area is 108 Å².